The number of halogens is 1. The number of benzene rings is 1. The van der Waals surface area contributed by atoms with Crippen LogP contribution in [-0.2, 0) is 6.42 Å². The van der Waals surface area contributed by atoms with Gasteiger partial charge in [-0.15, -0.1) is 22.9 Å². The fourth-order valence-corrected chi connectivity index (χ4v) is 3.04. The zero-order valence-electron chi connectivity index (χ0n) is 10.4. The summed E-state index contributed by atoms with van der Waals surface area (Å²) >= 11 is 8.07. The first kappa shape index (κ1) is 13.2. The van der Waals surface area contributed by atoms with Crippen LogP contribution < -0.4 is 9.47 Å². The Morgan fingerprint density at radius 1 is 1.11 bits per heavy atom. The molecule has 0 N–H and O–H groups in total. The minimum Gasteiger partial charge on any atom is -0.497 e. The summed E-state index contributed by atoms with van der Waals surface area (Å²) in [6, 6.07) is 9.92. The molecule has 0 aliphatic carbocycles. The Morgan fingerprint density at radius 3 is 2.44 bits per heavy atom. The van der Waals surface area contributed by atoms with Gasteiger partial charge in [-0.25, -0.2) is 0 Å². The minimum absolute atomic E-state index is 0.0617. The predicted molar refractivity (Wildman–Crippen MR) is 76.2 cm³/mol. The van der Waals surface area contributed by atoms with Crippen LogP contribution in [0.15, 0.2) is 35.7 Å². The van der Waals surface area contributed by atoms with Crippen molar-refractivity contribution in [1.29, 1.82) is 0 Å². The van der Waals surface area contributed by atoms with Gasteiger partial charge in [0.2, 0.25) is 0 Å². The van der Waals surface area contributed by atoms with Gasteiger partial charge in [-0.2, -0.15) is 0 Å². The third-order valence-electron chi connectivity index (χ3n) is 2.74. The monoisotopic (exact) mass is 282 g/mol. The summed E-state index contributed by atoms with van der Waals surface area (Å²) in [4.78, 5) is 1.08. The van der Waals surface area contributed by atoms with Crippen LogP contribution in [0, 0.1) is 0 Å². The van der Waals surface area contributed by atoms with E-state index >= 15 is 0 Å². The summed E-state index contributed by atoms with van der Waals surface area (Å²) in [7, 11) is 3.33. The predicted octanol–water partition coefficient (Wildman–Crippen LogP) is 4.29. The van der Waals surface area contributed by atoms with E-state index in [2.05, 4.69) is 0 Å². The molecule has 0 amide bonds. The van der Waals surface area contributed by atoms with Crippen molar-refractivity contribution in [3.05, 3.63) is 46.2 Å². The van der Waals surface area contributed by atoms with Crippen LogP contribution in [0.4, 0.5) is 0 Å². The molecule has 0 radical (unpaired) electrons. The Hall–Kier alpha value is -1.19. The number of hydrogen-bond donors (Lipinski definition) is 0. The van der Waals surface area contributed by atoms with Crippen LogP contribution in [-0.4, -0.2) is 14.2 Å². The van der Waals surface area contributed by atoms with Gasteiger partial charge in [-0.3, -0.25) is 0 Å². The number of alkyl halides is 1. The average molecular weight is 283 g/mol. The van der Waals surface area contributed by atoms with Crippen molar-refractivity contribution in [3.8, 4) is 11.5 Å². The minimum atomic E-state index is -0.0617. The van der Waals surface area contributed by atoms with Crippen molar-refractivity contribution in [3.63, 3.8) is 0 Å². The fourth-order valence-electron chi connectivity index (χ4n) is 1.77. The summed E-state index contributed by atoms with van der Waals surface area (Å²) in [6.07, 6.45) is 0.780. The molecule has 18 heavy (non-hydrogen) atoms. The Kier molecular flexibility index (Phi) is 4.50. The zero-order chi connectivity index (χ0) is 13.0. The lowest BCUT2D eigenvalue weighted by Crippen LogP contribution is -1.96. The molecule has 1 aromatic carbocycles. The van der Waals surface area contributed by atoms with Gasteiger partial charge < -0.3 is 9.47 Å². The number of ether oxygens (including phenoxy) is 2. The molecule has 4 heteroatoms. The van der Waals surface area contributed by atoms with E-state index in [1.807, 2.05) is 35.7 Å². The van der Waals surface area contributed by atoms with Crippen LogP contribution in [0.25, 0.3) is 0 Å². The van der Waals surface area contributed by atoms with E-state index in [0.29, 0.717) is 0 Å². The molecular weight excluding hydrogens is 268 g/mol. The van der Waals surface area contributed by atoms with E-state index in [1.54, 1.807) is 25.6 Å². The van der Waals surface area contributed by atoms with Crippen molar-refractivity contribution < 1.29 is 9.47 Å². The maximum atomic E-state index is 6.44. The average Bonchev–Trinajstić information content (AvgIpc) is 2.88. The molecule has 0 spiro atoms. The lowest BCUT2D eigenvalue weighted by atomic mass is 10.1. The number of methoxy groups -OCH3 is 2. The topological polar surface area (TPSA) is 18.5 Å². The zero-order valence-corrected chi connectivity index (χ0v) is 11.9. The molecule has 96 valence electrons. The molecule has 2 nitrogen and oxygen atoms in total. The van der Waals surface area contributed by atoms with Crippen molar-refractivity contribution in [1.82, 2.24) is 0 Å². The largest absolute Gasteiger partial charge is 0.497 e. The molecule has 2 aromatic rings. The van der Waals surface area contributed by atoms with Gasteiger partial charge in [0.1, 0.15) is 11.5 Å². The van der Waals surface area contributed by atoms with E-state index in [9.17, 15) is 0 Å². The molecule has 0 aliphatic rings. The van der Waals surface area contributed by atoms with E-state index in [1.165, 1.54) is 5.56 Å². The van der Waals surface area contributed by atoms with Crippen LogP contribution in [0.3, 0.4) is 0 Å². The quantitative estimate of drug-likeness (QED) is 0.762. The Bertz CT molecular complexity index is 493. The van der Waals surface area contributed by atoms with Crippen molar-refractivity contribution in [2.45, 2.75) is 11.8 Å². The van der Waals surface area contributed by atoms with Gasteiger partial charge in [0, 0.05) is 0 Å². The molecule has 0 saturated heterocycles. The Labute approximate surface area is 116 Å². The molecule has 1 aromatic heterocycles. The maximum absolute atomic E-state index is 6.44. The van der Waals surface area contributed by atoms with Crippen LogP contribution in [0.1, 0.15) is 15.8 Å². The molecule has 0 bridgehead atoms. The maximum Gasteiger partial charge on any atom is 0.134 e. The van der Waals surface area contributed by atoms with E-state index in [0.717, 1.165) is 22.8 Å². The third kappa shape index (κ3) is 2.98. The summed E-state index contributed by atoms with van der Waals surface area (Å²) in [5.74, 6) is 1.73. The normalized spacial score (nSPS) is 12.2. The summed E-state index contributed by atoms with van der Waals surface area (Å²) in [5, 5.41) is 1.94. The van der Waals surface area contributed by atoms with Crippen molar-refractivity contribution in [2.75, 3.05) is 14.2 Å². The highest BCUT2D eigenvalue weighted by molar-refractivity contribution is 7.10. The van der Waals surface area contributed by atoms with Crippen LogP contribution >= 0.6 is 22.9 Å². The molecular formula is C14H15ClO2S. The lowest BCUT2D eigenvalue weighted by Gasteiger charge is -2.10. The van der Waals surface area contributed by atoms with Crippen molar-refractivity contribution >= 4 is 22.9 Å². The van der Waals surface area contributed by atoms with Crippen LogP contribution in [0.2, 0.25) is 0 Å². The molecule has 1 unspecified atom stereocenters. The SMILES string of the molecule is COc1ccc(CC(Cl)c2sccc2OC)cc1. The second-order valence-electron chi connectivity index (χ2n) is 3.87. The van der Waals surface area contributed by atoms with E-state index in [-0.39, 0.29) is 5.38 Å². The second-order valence-corrected chi connectivity index (χ2v) is 5.35. The number of thiophene rings is 1. The lowest BCUT2D eigenvalue weighted by molar-refractivity contribution is 0.411. The summed E-state index contributed by atoms with van der Waals surface area (Å²) in [5.41, 5.74) is 1.19. The molecule has 0 aliphatic heterocycles. The molecule has 1 heterocycles. The van der Waals surface area contributed by atoms with E-state index in [4.69, 9.17) is 21.1 Å². The molecule has 0 saturated carbocycles. The smallest absolute Gasteiger partial charge is 0.134 e. The highest BCUT2D eigenvalue weighted by Gasteiger charge is 2.15. The number of hydrogen-bond acceptors (Lipinski definition) is 3. The van der Waals surface area contributed by atoms with Gasteiger partial charge in [-0.05, 0) is 35.6 Å². The molecule has 0 fully saturated rings. The number of rotatable bonds is 5. The third-order valence-corrected chi connectivity index (χ3v) is 4.25. The summed E-state index contributed by atoms with van der Waals surface area (Å²) < 4.78 is 10.4. The first-order chi connectivity index (χ1) is 8.74. The first-order valence-corrected chi connectivity index (χ1v) is 6.94. The van der Waals surface area contributed by atoms with Gasteiger partial charge >= 0.3 is 0 Å². The van der Waals surface area contributed by atoms with Crippen LogP contribution in [0.5, 0.6) is 11.5 Å². The highest BCUT2D eigenvalue weighted by Crippen LogP contribution is 2.36. The fraction of sp³-hybridized carbons (Fsp3) is 0.286. The Balaban J connectivity index is 2.08. The standard InChI is InChI=1S/C14H15ClO2S/c1-16-11-5-3-10(4-6-11)9-12(15)14-13(17-2)7-8-18-14/h3-8,12H,9H2,1-2H3. The van der Waals surface area contributed by atoms with Gasteiger partial charge in [0.15, 0.2) is 0 Å². The highest BCUT2D eigenvalue weighted by atomic mass is 35.5. The van der Waals surface area contributed by atoms with Gasteiger partial charge in [-0.1, -0.05) is 12.1 Å². The first-order valence-electron chi connectivity index (χ1n) is 5.63. The van der Waals surface area contributed by atoms with Gasteiger partial charge in [0.25, 0.3) is 0 Å². The Morgan fingerprint density at radius 2 is 1.83 bits per heavy atom. The van der Waals surface area contributed by atoms with Crippen molar-refractivity contribution in [2.24, 2.45) is 0 Å². The molecule has 1 atom stereocenters. The van der Waals surface area contributed by atoms with E-state index < -0.39 is 0 Å². The van der Waals surface area contributed by atoms with Gasteiger partial charge in [0.05, 0.1) is 24.5 Å². The second kappa shape index (κ2) is 6.12. The molecule has 2 rings (SSSR count). The summed E-state index contributed by atoms with van der Waals surface area (Å²) in [6.45, 7) is 0.